The van der Waals surface area contributed by atoms with Gasteiger partial charge in [-0.1, -0.05) is 0 Å². The largest absolute Gasteiger partial charge is 0.383 e. The summed E-state index contributed by atoms with van der Waals surface area (Å²) in [5, 5.41) is 11.5. The van der Waals surface area contributed by atoms with Crippen molar-refractivity contribution in [1.29, 1.82) is 0 Å². The minimum atomic E-state index is -0.0286. The molecule has 0 aliphatic rings. The van der Waals surface area contributed by atoms with E-state index in [2.05, 4.69) is 15.7 Å². The highest BCUT2D eigenvalue weighted by molar-refractivity contribution is 7.20. The van der Waals surface area contributed by atoms with Gasteiger partial charge in [-0.3, -0.25) is 9.48 Å². The fourth-order valence-electron chi connectivity index (χ4n) is 1.97. The first-order valence-corrected chi connectivity index (χ1v) is 7.36. The topological polar surface area (TPSA) is 68.2 Å². The lowest BCUT2D eigenvalue weighted by molar-refractivity contribution is 0.0958. The molecular weight excluding hydrogens is 276 g/mol. The lowest BCUT2D eigenvalue weighted by Crippen LogP contribution is -2.32. The maximum Gasteiger partial charge on any atom is 0.261 e. The third-order valence-corrected chi connectivity index (χ3v) is 4.19. The Morgan fingerprint density at radius 2 is 2.25 bits per heavy atom. The van der Waals surface area contributed by atoms with Crippen LogP contribution in [0.2, 0.25) is 0 Å². The summed E-state index contributed by atoms with van der Waals surface area (Å²) in [5.74, 6) is -0.0286. The molecule has 2 heterocycles. The third-order valence-electron chi connectivity index (χ3n) is 2.99. The molecule has 0 bridgehead atoms. The van der Waals surface area contributed by atoms with Crippen LogP contribution in [0.1, 0.15) is 15.4 Å². The molecule has 0 atom stereocenters. The van der Waals surface area contributed by atoms with Crippen LogP contribution in [0.5, 0.6) is 0 Å². The number of carbonyl (C=O) groups is 1. The van der Waals surface area contributed by atoms with Crippen molar-refractivity contribution in [3.63, 3.8) is 0 Å². The lowest BCUT2D eigenvalue weighted by atomic mass is 10.3. The van der Waals surface area contributed by atoms with Crippen LogP contribution in [0, 0.1) is 6.92 Å². The number of hydrogen-bond acceptors (Lipinski definition) is 5. The average Bonchev–Trinajstić information content (AvgIpc) is 2.96. The number of amides is 1. The van der Waals surface area contributed by atoms with E-state index in [4.69, 9.17) is 4.74 Å². The van der Waals surface area contributed by atoms with Gasteiger partial charge in [-0.2, -0.15) is 5.10 Å². The van der Waals surface area contributed by atoms with Gasteiger partial charge >= 0.3 is 0 Å². The highest BCUT2D eigenvalue weighted by atomic mass is 32.1. The number of aromatic nitrogens is 2. The van der Waals surface area contributed by atoms with Crippen LogP contribution in [-0.4, -0.2) is 49.0 Å². The molecule has 2 aromatic rings. The predicted octanol–water partition coefficient (Wildman–Crippen LogP) is 0.909. The third kappa shape index (κ3) is 3.36. The van der Waals surface area contributed by atoms with Gasteiger partial charge in [0.05, 0.1) is 17.2 Å². The number of aryl methyl sites for hydroxylation is 2. The smallest absolute Gasteiger partial charge is 0.261 e. The number of carbonyl (C=O) groups excluding carboxylic acids is 1. The highest BCUT2D eigenvalue weighted by Gasteiger charge is 2.14. The van der Waals surface area contributed by atoms with E-state index in [0.717, 1.165) is 33.9 Å². The zero-order valence-electron chi connectivity index (χ0n) is 12.0. The Morgan fingerprint density at radius 3 is 2.95 bits per heavy atom. The molecule has 2 rings (SSSR count). The zero-order valence-corrected chi connectivity index (χ0v) is 12.8. The van der Waals surface area contributed by atoms with Crippen molar-refractivity contribution >= 4 is 27.5 Å². The van der Waals surface area contributed by atoms with E-state index in [-0.39, 0.29) is 5.91 Å². The fourth-order valence-corrected chi connectivity index (χ4v) is 3.01. The number of thiophene rings is 1. The number of nitrogens with one attached hydrogen (secondary N) is 2. The number of hydrogen-bond donors (Lipinski definition) is 2. The molecule has 2 N–H and O–H groups in total. The van der Waals surface area contributed by atoms with Gasteiger partial charge in [0.25, 0.3) is 5.91 Å². The predicted molar refractivity (Wildman–Crippen MR) is 80.4 cm³/mol. The van der Waals surface area contributed by atoms with Gasteiger partial charge in [-0.25, -0.2) is 0 Å². The minimum absolute atomic E-state index is 0.0286. The summed E-state index contributed by atoms with van der Waals surface area (Å²) >= 11 is 1.47. The average molecular weight is 296 g/mol. The van der Waals surface area contributed by atoms with Gasteiger partial charge in [0.1, 0.15) is 4.83 Å². The minimum Gasteiger partial charge on any atom is -0.383 e. The van der Waals surface area contributed by atoms with Gasteiger partial charge in [0.2, 0.25) is 0 Å². The van der Waals surface area contributed by atoms with Crippen LogP contribution < -0.4 is 10.6 Å². The quantitative estimate of drug-likeness (QED) is 0.745. The maximum absolute atomic E-state index is 12.0. The van der Waals surface area contributed by atoms with Crippen LogP contribution in [0.3, 0.4) is 0 Å². The van der Waals surface area contributed by atoms with E-state index in [0.29, 0.717) is 13.2 Å². The molecule has 6 nitrogen and oxygen atoms in total. The molecule has 0 spiro atoms. The Morgan fingerprint density at radius 1 is 1.45 bits per heavy atom. The van der Waals surface area contributed by atoms with Crippen LogP contribution in [0.25, 0.3) is 10.2 Å². The molecule has 0 aliphatic carbocycles. The summed E-state index contributed by atoms with van der Waals surface area (Å²) in [4.78, 5) is 13.8. The summed E-state index contributed by atoms with van der Waals surface area (Å²) in [6.07, 6.45) is 0. The summed E-state index contributed by atoms with van der Waals surface area (Å²) in [5.41, 5.74) is 0.957. The molecule has 0 fully saturated rings. The number of nitrogens with zero attached hydrogens (tertiary/aromatic N) is 2. The van der Waals surface area contributed by atoms with E-state index >= 15 is 0 Å². The Bertz CT molecular complexity index is 556. The monoisotopic (exact) mass is 296 g/mol. The molecular formula is C13H20N4O2S. The first kappa shape index (κ1) is 15.0. The first-order chi connectivity index (χ1) is 9.63. The highest BCUT2D eigenvalue weighted by Crippen LogP contribution is 2.27. The Balaban J connectivity index is 1.86. The van der Waals surface area contributed by atoms with Gasteiger partial charge in [0.15, 0.2) is 0 Å². The molecule has 0 aliphatic heterocycles. The summed E-state index contributed by atoms with van der Waals surface area (Å²) < 4.78 is 6.75. The summed E-state index contributed by atoms with van der Waals surface area (Å²) in [6.45, 7) is 4.77. The SMILES string of the molecule is COCCNCCNC(=O)c1cc2c(C)nn(C)c2s1. The normalized spacial score (nSPS) is 11.2. The van der Waals surface area contributed by atoms with Gasteiger partial charge < -0.3 is 15.4 Å². The van der Waals surface area contributed by atoms with Crippen LogP contribution in [0.15, 0.2) is 6.07 Å². The molecule has 20 heavy (non-hydrogen) atoms. The van der Waals surface area contributed by atoms with Gasteiger partial charge in [0, 0.05) is 39.2 Å². The van der Waals surface area contributed by atoms with E-state index in [9.17, 15) is 4.79 Å². The second kappa shape index (κ2) is 6.83. The first-order valence-electron chi connectivity index (χ1n) is 6.54. The van der Waals surface area contributed by atoms with E-state index < -0.39 is 0 Å². The molecule has 1 amide bonds. The van der Waals surface area contributed by atoms with E-state index in [1.54, 1.807) is 7.11 Å². The molecule has 0 saturated heterocycles. The second-order valence-corrected chi connectivity index (χ2v) is 5.57. The van der Waals surface area contributed by atoms with E-state index in [1.165, 1.54) is 11.3 Å². The van der Waals surface area contributed by atoms with Crippen molar-refractivity contribution in [1.82, 2.24) is 20.4 Å². The number of fused-ring (bicyclic) bond motifs is 1. The summed E-state index contributed by atoms with van der Waals surface area (Å²) in [6, 6.07) is 1.91. The van der Waals surface area contributed by atoms with Gasteiger partial charge in [-0.15, -0.1) is 11.3 Å². The number of methoxy groups -OCH3 is 1. The van der Waals surface area contributed by atoms with Crippen LogP contribution in [-0.2, 0) is 11.8 Å². The standard InChI is InChI=1S/C13H20N4O2S/c1-9-10-8-11(20-13(10)17(2)16-9)12(18)15-5-4-14-6-7-19-3/h8,14H,4-7H2,1-3H3,(H,15,18). The maximum atomic E-state index is 12.0. The molecule has 0 radical (unpaired) electrons. The molecule has 2 aromatic heterocycles. The van der Waals surface area contributed by atoms with Crippen molar-refractivity contribution in [2.24, 2.45) is 7.05 Å². The number of rotatable bonds is 7. The van der Waals surface area contributed by atoms with Crippen molar-refractivity contribution < 1.29 is 9.53 Å². The Hall–Kier alpha value is -1.44. The molecule has 0 aromatic carbocycles. The van der Waals surface area contributed by atoms with Crippen molar-refractivity contribution in [2.45, 2.75) is 6.92 Å². The summed E-state index contributed by atoms with van der Waals surface area (Å²) in [7, 11) is 3.56. The Labute approximate surface area is 122 Å². The molecule has 0 saturated carbocycles. The molecule has 110 valence electrons. The van der Waals surface area contributed by atoms with Crippen LogP contribution in [0.4, 0.5) is 0 Å². The fraction of sp³-hybridized carbons (Fsp3) is 0.538. The van der Waals surface area contributed by atoms with Crippen molar-refractivity contribution in [3.05, 3.63) is 16.6 Å². The zero-order chi connectivity index (χ0) is 14.5. The Kier molecular flexibility index (Phi) is 5.11. The lowest BCUT2D eigenvalue weighted by Gasteiger charge is -2.05. The van der Waals surface area contributed by atoms with Gasteiger partial charge in [-0.05, 0) is 13.0 Å². The van der Waals surface area contributed by atoms with Crippen molar-refractivity contribution in [3.8, 4) is 0 Å². The van der Waals surface area contributed by atoms with Crippen LogP contribution >= 0.6 is 11.3 Å². The number of ether oxygens (including phenoxy) is 1. The van der Waals surface area contributed by atoms with Crippen molar-refractivity contribution in [2.75, 3.05) is 33.4 Å². The second-order valence-electron chi connectivity index (χ2n) is 4.54. The molecule has 7 heteroatoms. The molecule has 0 unspecified atom stereocenters. The van der Waals surface area contributed by atoms with E-state index in [1.807, 2.05) is 24.7 Å².